The van der Waals surface area contributed by atoms with E-state index in [2.05, 4.69) is 0 Å². The molecule has 0 aliphatic carbocycles. The van der Waals surface area contributed by atoms with Gasteiger partial charge in [-0.25, -0.2) is 4.39 Å². The number of carbonyl (C=O) groups is 1. The lowest BCUT2D eigenvalue weighted by molar-refractivity contribution is -0.200. The molecule has 22 heavy (non-hydrogen) atoms. The Hall–Kier alpha value is -1.46. The fourth-order valence-electron chi connectivity index (χ4n) is 3.32. The highest BCUT2D eigenvalue weighted by Crippen LogP contribution is 2.35. The zero-order valence-electron chi connectivity index (χ0n) is 12.9. The second-order valence-corrected chi connectivity index (χ2v) is 6.12. The van der Waals surface area contributed by atoms with E-state index in [4.69, 9.17) is 9.47 Å². The Labute approximate surface area is 130 Å². The van der Waals surface area contributed by atoms with Gasteiger partial charge in [0.25, 0.3) is 0 Å². The standard InChI is InChI=1S/C17H22FNO3/c1-2-21-14-7-8-22-17(10-14)11-19(12-17)16(20)9-13-5-3-4-6-15(13)18/h3-6,14H,2,7-12H2,1H3/t14-/m1/s1. The maximum atomic E-state index is 13.6. The van der Waals surface area contributed by atoms with Crippen molar-refractivity contribution in [2.75, 3.05) is 26.3 Å². The average Bonchev–Trinajstić information content (AvgIpc) is 2.47. The van der Waals surface area contributed by atoms with E-state index < -0.39 is 0 Å². The SMILES string of the molecule is CCO[C@@H]1CCOC2(C1)CN(C(=O)Cc1ccccc1F)C2. The van der Waals surface area contributed by atoms with E-state index in [1.165, 1.54) is 6.07 Å². The summed E-state index contributed by atoms with van der Waals surface area (Å²) in [5, 5.41) is 0. The predicted molar refractivity (Wildman–Crippen MR) is 80.0 cm³/mol. The smallest absolute Gasteiger partial charge is 0.227 e. The highest BCUT2D eigenvalue weighted by Gasteiger charge is 2.49. The molecule has 1 aromatic rings. The molecule has 1 amide bonds. The maximum Gasteiger partial charge on any atom is 0.227 e. The number of ether oxygens (including phenoxy) is 2. The number of benzene rings is 1. The van der Waals surface area contributed by atoms with E-state index in [9.17, 15) is 9.18 Å². The molecule has 2 saturated heterocycles. The molecule has 0 saturated carbocycles. The molecule has 3 rings (SSSR count). The van der Waals surface area contributed by atoms with E-state index in [1.807, 2.05) is 6.92 Å². The van der Waals surface area contributed by atoms with E-state index in [0.717, 1.165) is 12.8 Å². The van der Waals surface area contributed by atoms with Gasteiger partial charge >= 0.3 is 0 Å². The Morgan fingerprint density at radius 2 is 2.23 bits per heavy atom. The summed E-state index contributed by atoms with van der Waals surface area (Å²) in [5.41, 5.74) is 0.202. The van der Waals surface area contributed by atoms with Crippen molar-refractivity contribution in [2.45, 2.75) is 37.9 Å². The molecule has 120 valence electrons. The van der Waals surface area contributed by atoms with Gasteiger partial charge in [-0.1, -0.05) is 18.2 Å². The molecule has 1 spiro atoms. The van der Waals surface area contributed by atoms with E-state index in [1.54, 1.807) is 23.1 Å². The average molecular weight is 307 g/mol. The highest BCUT2D eigenvalue weighted by atomic mass is 19.1. The minimum Gasteiger partial charge on any atom is -0.378 e. The molecule has 1 aromatic carbocycles. The molecule has 2 aliphatic rings. The van der Waals surface area contributed by atoms with Crippen LogP contribution in [0.5, 0.6) is 0 Å². The molecule has 4 nitrogen and oxygen atoms in total. The van der Waals surface area contributed by atoms with E-state index in [-0.39, 0.29) is 29.9 Å². The third kappa shape index (κ3) is 3.15. The second-order valence-electron chi connectivity index (χ2n) is 6.12. The van der Waals surface area contributed by atoms with Crippen molar-refractivity contribution in [2.24, 2.45) is 0 Å². The number of amides is 1. The fourth-order valence-corrected chi connectivity index (χ4v) is 3.32. The Bertz CT molecular complexity index is 540. The number of carbonyl (C=O) groups excluding carboxylic acids is 1. The molecule has 0 N–H and O–H groups in total. The number of rotatable bonds is 4. The van der Waals surface area contributed by atoms with Gasteiger partial charge < -0.3 is 14.4 Å². The summed E-state index contributed by atoms with van der Waals surface area (Å²) in [6, 6.07) is 6.42. The first kappa shape index (κ1) is 15.4. The van der Waals surface area contributed by atoms with Gasteiger partial charge in [-0.2, -0.15) is 0 Å². The van der Waals surface area contributed by atoms with Crippen molar-refractivity contribution in [1.82, 2.24) is 4.90 Å². The molecular formula is C17H22FNO3. The fraction of sp³-hybridized carbons (Fsp3) is 0.588. The van der Waals surface area contributed by atoms with Gasteiger partial charge in [-0.3, -0.25) is 4.79 Å². The summed E-state index contributed by atoms with van der Waals surface area (Å²) in [5.74, 6) is -0.366. The van der Waals surface area contributed by atoms with Crippen molar-refractivity contribution in [1.29, 1.82) is 0 Å². The zero-order valence-corrected chi connectivity index (χ0v) is 12.9. The van der Waals surface area contributed by atoms with E-state index in [0.29, 0.717) is 31.9 Å². The van der Waals surface area contributed by atoms with Crippen LogP contribution in [-0.4, -0.2) is 48.8 Å². The van der Waals surface area contributed by atoms with Crippen LogP contribution in [0.2, 0.25) is 0 Å². The van der Waals surface area contributed by atoms with Crippen LogP contribution in [0.3, 0.4) is 0 Å². The van der Waals surface area contributed by atoms with Gasteiger partial charge in [0.2, 0.25) is 5.91 Å². The third-order valence-corrected chi connectivity index (χ3v) is 4.46. The van der Waals surface area contributed by atoms with Gasteiger partial charge in [0.1, 0.15) is 11.4 Å². The summed E-state index contributed by atoms with van der Waals surface area (Å²) in [4.78, 5) is 14.0. The zero-order chi connectivity index (χ0) is 15.6. The lowest BCUT2D eigenvalue weighted by atomic mass is 9.84. The first-order chi connectivity index (χ1) is 10.6. The van der Waals surface area contributed by atoms with Crippen LogP contribution < -0.4 is 0 Å². The molecule has 0 unspecified atom stereocenters. The molecule has 0 aromatic heterocycles. The van der Waals surface area contributed by atoms with Crippen LogP contribution in [0, 0.1) is 5.82 Å². The Balaban J connectivity index is 1.54. The van der Waals surface area contributed by atoms with Crippen LogP contribution in [0.1, 0.15) is 25.3 Å². The van der Waals surface area contributed by atoms with Crippen LogP contribution in [0.15, 0.2) is 24.3 Å². The first-order valence-electron chi connectivity index (χ1n) is 7.89. The van der Waals surface area contributed by atoms with Crippen LogP contribution in [-0.2, 0) is 20.7 Å². The quantitative estimate of drug-likeness (QED) is 0.856. The van der Waals surface area contributed by atoms with Gasteiger partial charge in [-0.15, -0.1) is 0 Å². The van der Waals surface area contributed by atoms with Crippen molar-refractivity contribution in [3.8, 4) is 0 Å². The predicted octanol–water partition coefficient (Wildman–Crippen LogP) is 2.16. The van der Waals surface area contributed by atoms with Crippen molar-refractivity contribution in [3.63, 3.8) is 0 Å². The topological polar surface area (TPSA) is 38.8 Å². The number of nitrogens with zero attached hydrogens (tertiary/aromatic N) is 1. The lowest BCUT2D eigenvalue weighted by Gasteiger charge is -2.53. The molecule has 2 aliphatic heterocycles. The van der Waals surface area contributed by atoms with Crippen LogP contribution in [0.4, 0.5) is 4.39 Å². The Morgan fingerprint density at radius 1 is 1.45 bits per heavy atom. The van der Waals surface area contributed by atoms with Gasteiger partial charge in [0.05, 0.1) is 25.6 Å². The molecule has 5 heteroatoms. The number of hydrogen-bond acceptors (Lipinski definition) is 3. The number of likely N-dealkylation sites (tertiary alicyclic amines) is 1. The Kier molecular flexibility index (Phi) is 4.45. The largest absolute Gasteiger partial charge is 0.378 e. The molecular weight excluding hydrogens is 285 g/mol. The van der Waals surface area contributed by atoms with E-state index >= 15 is 0 Å². The van der Waals surface area contributed by atoms with Gasteiger partial charge in [0.15, 0.2) is 0 Å². The summed E-state index contributed by atoms with van der Waals surface area (Å²) in [7, 11) is 0. The minimum absolute atomic E-state index is 0.0436. The summed E-state index contributed by atoms with van der Waals surface area (Å²) >= 11 is 0. The third-order valence-electron chi connectivity index (χ3n) is 4.46. The van der Waals surface area contributed by atoms with Crippen molar-refractivity contribution in [3.05, 3.63) is 35.6 Å². The summed E-state index contributed by atoms with van der Waals surface area (Å²) < 4.78 is 25.2. The number of hydrogen-bond donors (Lipinski definition) is 0. The first-order valence-corrected chi connectivity index (χ1v) is 7.89. The van der Waals surface area contributed by atoms with Crippen molar-refractivity contribution < 1.29 is 18.7 Å². The molecule has 2 fully saturated rings. The monoisotopic (exact) mass is 307 g/mol. The van der Waals surface area contributed by atoms with Crippen LogP contribution >= 0.6 is 0 Å². The molecule has 1 atom stereocenters. The highest BCUT2D eigenvalue weighted by molar-refractivity contribution is 5.80. The van der Waals surface area contributed by atoms with Gasteiger partial charge in [0, 0.05) is 19.6 Å². The summed E-state index contributed by atoms with van der Waals surface area (Å²) in [6.45, 7) is 4.55. The van der Waals surface area contributed by atoms with Crippen molar-refractivity contribution >= 4 is 5.91 Å². The normalized spacial score (nSPS) is 23.4. The van der Waals surface area contributed by atoms with Crippen LogP contribution in [0.25, 0.3) is 0 Å². The molecule has 0 radical (unpaired) electrons. The number of halogens is 1. The lowest BCUT2D eigenvalue weighted by Crippen LogP contribution is -2.67. The Morgan fingerprint density at radius 3 is 2.95 bits per heavy atom. The second kappa shape index (κ2) is 6.34. The molecule has 0 bridgehead atoms. The van der Waals surface area contributed by atoms with Gasteiger partial charge in [-0.05, 0) is 25.0 Å². The minimum atomic E-state index is -0.323. The maximum absolute atomic E-state index is 13.6. The summed E-state index contributed by atoms with van der Waals surface area (Å²) in [6.07, 6.45) is 2.09. The molecule has 2 heterocycles.